The molecule has 0 saturated carbocycles. The summed E-state index contributed by atoms with van der Waals surface area (Å²) in [5.74, 6) is -0.926. The molecule has 134 valence electrons. The summed E-state index contributed by atoms with van der Waals surface area (Å²) in [4.78, 5) is 21.9. The SMILES string of the molecule is CCC(=O)Nc1c([N+](=O)[O-])cnn1-c1c(Cl)cc(C(F)(F)F)cc1Cl. The third-order valence-corrected chi connectivity index (χ3v) is 3.66. The third-order valence-electron chi connectivity index (χ3n) is 3.08. The number of rotatable bonds is 4. The number of aromatic nitrogens is 2. The summed E-state index contributed by atoms with van der Waals surface area (Å²) < 4.78 is 39.2. The van der Waals surface area contributed by atoms with Crippen LogP contribution in [0.1, 0.15) is 18.9 Å². The van der Waals surface area contributed by atoms with Gasteiger partial charge in [-0.05, 0) is 12.1 Å². The average Bonchev–Trinajstić information content (AvgIpc) is 2.89. The van der Waals surface area contributed by atoms with Gasteiger partial charge in [-0.25, -0.2) is 4.68 Å². The van der Waals surface area contributed by atoms with E-state index in [9.17, 15) is 28.1 Å². The number of hydrogen-bond donors (Lipinski definition) is 1. The summed E-state index contributed by atoms with van der Waals surface area (Å²) in [6.45, 7) is 1.51. The second kappa shape index (κ2) is 6.89. The lowest BCUT2D eigenvalue weighted by Crippen LogP contribution is -2.15. The molecule has 0 aliphatic heterocycles. The van der Waals surface area contributed by atoms with Crippen LogP contribution in [0.25, 0.3) is 5.69 Å². The molecular formula is C13H9Cl2F3N4O3. The summed E-state index contributed by atoms with van der Waals surface area (Å²) in [6, 6.07) is 1.23. The number of nitrogens with zero attached hydrogens (tertiary/aromatic N) is 3. The fourth-order valence-electron chi connectivity index (χ4n) is 1.91. The molecule has 2 rings (SSSR count). The third kappa shape index (κ3) is 3.85. The van der Waals surface area contributed by atoms with Crippen LogP contribution in [0.5, 0.6) is 0 Å². The normalized spacial score (nSPS) is 11.4. The van der Waals surface area contributed by atoms with Crippen molar-refractivity contribution in [1.29, 1.82) is 0 Å². The molecule has 25 heavy (non-hydrogen) atoms. The lowest BCUT2D eigenvalue weighted by Gasteiger charge is -2.14. The Balaban J connectivity index is 2.66. The van der Waals surface area contributed by atoms with Gasteiger partial charge in [-0.2, -0.15) is 18.3 Å². The summed E-state index contributed by atoms with van der Waals surface area (Å²) in [7, 11) is 0. The van der Waals surface area contributed by atoms with Gasteiger partial charge in [0.15, 0.2) is 0 Å². The Labute approximate surface area is 148 Å². The average molecular weight is 397 g/mol. The van der Waals surface area contributed by atoms with Crippen LogP contribution in [-0.4, -0.2) is 20.6 Å². The van der Waals surface area contributed by atoms with Crippen LogP contribution in [0, 0.1) is 10.1 Å². The van der Waals surface area contributed by atoms with E-state index < -0.39 is 38.3 Å². The molecule has 0 radical (unpaired) electrons. The zero-order valence-corrected chi connectivity index (χ0v) is 13.9. The highest BCUT2D eigenvalue weighted by Crippen LogP contribution is 2.39. The van der Waals surface area contributed by atoms with E-state index in [1.54, 1.807) is 0 Å². The summed E-state index contributed by atoms with van der Waals surface area (Å²) in [5.41, 5.74) is -1.88. The lowest BCUT2D eigenvalue weighted by molar-refractivity contribution is -0.384. The van der Waals surface area contributed by atoms with E-state index in [4.69, 9.17) is 23.2 Å². The quantitative estimate of drug-likeness (QED) is 0.610. The van der Waals surface area contributed by atoms with Gasteiger partial charge in [0.1, 0.15) is 11.9 Å². The molecular weight excluding hydrogens is 388 g/mol. The highest BCUT2D eigenvalue weighted by molar-refractivity contribution is 6.38. The molecule has 0 saturated heterocycles. The van der Waals surface area contributed by atoms with Crippen molar-refractivity contribution in [3.63, 3.8) is 0 Å². The van der Waals surface area contributed by atoms with Gasteiger partial charge < -0.3 is 5.32 Å². The van der Waals surface area contributed by atoms with Crippen molar-refractivity contribution in [3.8, 4) is 5.69 Å². The van der Waals surface area contributed by atoms with E-state index in [-0.39, 0.29) is 17.9 Å². The number of anilines is 1. The monoisotopic (exact) mass is 396 g/mol. The van der Waals surface area contributed by atoms with Crippen LogP contribution in [0.15, 0.2) is 18.3 Å². The number of nitro groups is 1. The molecule has 1 heterocycles. The molecule has 0 aliphatic rings. The molecule has 0 fully saturated rings. The molecule has 1 aromatic heterocycles. The minimum absolute atomic E-state index is 0.0107. The van der Waals surface area contributed by atoms with Crippen molar-refractivity contribution in [2.45, 2.75) is 19.5 Å². The topological polar surface area (TPSA) is 90.1 Å². The Morgan fingerprint density at radius 1 is 1.36 bits per heavy atom. The number of alkyl halides is 3. The number of nitrogens with one attached hydrogen (secondary N) is 1. The number of halogens is 5. The van der Waals surface area contributed by atoms with Crippen LogP contribution in [0.2, 0.25) is 10.0 Å². The Morgan fingerprint density at radius 2 is 1.92 bits per heavy atom. The van der Waals surface area contributed by atoms with E-state index in [1.165, 1.54) is 6.92 Å². The van der Waals surface area contributed by atoms with Crippen molar-refractivity contribution in [2.75, 3.05) is 5.32 Å². The molecule has 0 aliphatic carbocycles. The number of benzene rings is 1. The molecule has 1 aromatic carbocycles. The first-order valence-corrected chi connectivity index (χ1v) is 7.40. The lowest BCUT2D eigenvalue weighted by atomic mass is 10.2. The van der Waals surface area contributed by atoms with E-state index >= 15 is 0 Å². The molecule has 12 heteroatoms. The number of carbonyl (C=O) groups excluding carboxylic acids is 1. The largest absolute Gasteiger partial charge is 0.416 e. The molecule has 1 amide bonds. The maximum Gasteiger partial charge on any atom is 0.416 e. The fourth-order valence-corrected chi connectivity index (χ4v) is 2.56. The number of hydrogen-bond acceptors (Lipinski definition) is 4. The van der Waals surface area contributed by atoms with Crippen LogP contribution < -0.4 is 5.32 Å². The van der Waals surface area contributed by atoms with Gasteiger partial charge in [-0.15, -0.1) is 0 Å². The fraction of sp³-hybridized carbons (Fsp3) is 0.231. The Morgan fingerprint density at radius 3 is 2.36 bits per heavy atom. The maximum absolute atomic E-state index is 12.8. The van der Waals surface area contributed by atoms with Gasteiger partial charge in [0.2, 0.25) is 11.7 Å². The summed E-state index contributed by atoms with van der Waals surface area (Å²) >= 11 is 11.8. The Hall–Kier alpha value is -2.33. The highest BCUT2D eigenvalue weighted by atomic mass is 35.5. The standard InChI is InChI=1S/C13H9Cl2F3N4O3/c1-2-10(23)20-12-9(22(24)25)5-19-21(12)11-7(14)3-6(4-8(11)15)13(16,17)18/h3-5H,2H2,1H3,(H,20,23). The van der Waals surface area contributed by atoms with Crippen LogP contribution in [0.4, 0.5) is 24.7 Å². The van der Waals surface area contributed by atoms with E-state index in [0.29, 0.717) is 12.1 Å². The van der Waals surface area contributed by atoms with Gasteiger partial charge in [-0.1, -0.05) is 30.1 Å². The van der Waals surface area contributed by atoms with Crippen molar-refractivity contribution >= 4 is 40.6 Å². The van der Waals surface area contributed by atoms with Crippen LogP contribution in [-0.2, 0) is 11.0 Å². The van der Waals surface area contributed by atoms with Crippen molar-refractivity contribution in [3.05, 3.63) is 44.1 Å². The molecule has 0 unspecified atom stereocenters. The second-order valence-corrected chi connectivity index (χ2v) is 5.55. The van der Waals surface area contributed by atoms with Gasteiger partial charge in [0, 0.05) is 6.42 Å². The van der Waals surface area contributed by atoms with Crippen molar-refractivity contribution < 1.29 is 22.9 Å². The smallest absolute Gasteiger partial charge is 0.305 e. The Bertz CT molecular complexity index is 829. The highest BCUT2D eigenvalue weighted by Gasteiger charge is 2.33. The number of carbonyl (C=O) groups is 1. The first-order valence-electron chi connectivity index (χ1n) is 6.65. The molecule has 7 nitrogen and oxygen atoms in total. The zero-order valence-electron chi connectivity index (χ0n) is 12.4. The molecule has 0 bridgehead atoms. The second-order valence-electron chi connectivity index (χ2n) is 4.74. The summed E-state index contributed by atoms with van der Waals surface area (Å²) in [5, 5.41) is 16.2. The Kier molecular flexibility index (Phi) is 5.23. The van der Waals surface area contributed by atoms with E-state index in [0.717, 1.165) is 10.9 Å². The van der Waals surface area contributed by atoms with E-state index in [2.05, 4.69) is 10.4 Å². The van der Waals surface area contributed by atoms with Gasteiger partial charge in [0.05, 0.1) is 20.5 Å². The van der Waals surface area contributed by atoms with Crippen LogP contribution >= 0.6 is 23.2 Å². The molecule has 0 atom stereocenters. The van der Waals surface area contributed by atoms with Crippen molar-refractivity contribution in [1.82, 2.24) is 9.78 Å². The van der Waals surface area contributed by atoms with E-state index in [1.807, 2.05) is 0 Å². The van der Waals surface area contributed by atoms with Gasteiger partial charge >= 0.3 is 11.9 Å². The first kappa shape index (κ1) is 19.0. The zero-order chi connectivity index (χ0) is 18.9. The van der Waals surface area contributed by atoms with Crippen molar-refractivity contribution in [2.24, 2.45) is 0 Å². The summed E-state index contributed by atoms with van der Waals surface area (Å²) in [6.07, 6.45) is -3.84. The minimum Gasteiger partial charge on any atom is -0.305 e. The predicted molar refractivity (Wildman–Crippen MR) is 84.2 cm³/mol. The van der Waals surface area contributed by atoms with Crippen LogP contribution in [0.3, 0.4) is 0 Å². The van der Waals surface area contributed by atoms with Gasteiger partial charge in [-0.3, -0.25) is 14.9 Å². The first-order chi connectivity index (χ1) is 11.6. The minimum atomic E-state index is -4.68. The molecule has 2 aromatic rings. The van der Waals surface area contributed by atoms with Gasteiger partial charge in [0.25, 0.3) is 0 Å². The molecule has 0 spiro atoms. The molecule has 1 N–H and O–H groups in total. The number of amides is 1. The maximum atomic E-state index is 12.8. The predicted octanol–water partition coefficient (Wildman–Crippen LogP) is 4.45.